The van der Waals surface area contributed by atoms with Crippen LogP contribution in [0, 0.1) is 0 Å². The smallest absolute Gasteiger partial charge is 0.255 e. The number of halogens is 1. The molecular weight excluding hydrogens is 352 g/mol. The van der Waals surface area contributed by atoms with E-state index in [1.165, 1.54) is 11.3 Å². The molecule has 0 radical (unpaired) electrons. The largest absolute Gasteiger partial charge is 0.484 e. The van der Waals surface area contributed by atoms with Crippen molar-refractivity contribution in [2.75, 3.05) is 11.9 Å². The number of nitrogens with two attached hydrogens (primary N) is 1. The van der Waals surface area contributed by atoms with Gasteiger partial charge >= 0.3 is 0 Å². The summed E-state index contributed by atoms with van der Waals surface area (Å²) in [7, 11) is 0. The van der Waals surface area contributed by atoms with Crippen molar-refractivity contribution < 1.29 is 19.1 Å². The highest BCUT2D eigenvalue weighted by molar-refractivity contribution is 7.18. The molecule has 0 spiro atoms. The number of carbonyl (C=O) groups is 3. The van der Waals surface area contributed by atoms with Gasteiger partial charge in [-0.05, 0) is 36.4 Å². The van der Waals surface area contributed by atoms with Crippen LogP contribution < -0.4 is 15.8 Å². The molecule has 1 heterocycles. The second-order valence-electron chi connectivity index (χ2n) is 4.85. The number of hydrogen-bond acceptors (Lipinski definition) is 5. The maximum absolute atomic E-state index is 11.9. The summed E-state index contributed by atoms with van der Waals surface area (Å²) in [5.74, 6) is -0.477. The topological polar surface area (TPSA) is 98.5 Å². The number of benzene rings is 1. The van der Waals surface area contributed by atoms with Crippen molar-refractivity contribution in [2.45, 2.75) is 12.8 Å². The van der Waals surface area contributed by atoms with E-state index in [0.717, 1.165) is 0 Å². The predicted molar refractivity (Wildman–Crippen MR) is 92.7 cm³/mol. The van der Waals surface area contributed by atoms with Gasteiger partial charge in [-0.15, -0.1) is 11.3 Å². The van der Waals surface area contributed by atoms with Crippen LogP contribution in [-0.4, -0.2) is 24.2 Å². The third kappa shape index (κ3) is 5.68. The van der Waals surface area contributed by atoms with E-state index in [2.05, 4.69) is 5.32 Å². The van der Waals surface area contributed by atoms with E-state index in [4.69, 9.17) is 22.1 Å². The highest BCUT2D eigenvalue weighted by Crippen LogP contribution is 2.23. The lowest BCUT2D eigenvalue weighted by Crippen LogP contribution is -2.20. The Morgan fingerprint density at radius 3 is 2.38 bits per heavy atom. The molecule has 3 N–H and O–H groups in total. The molecule has 6 nitrogen and oxygen atoms in total. The standard InChI is InChI=1S/C16H15ClN2O4S/c17-14-7-6-13(24-14)12(20)5-8-16(22)19-10-1-3-11(4-2-10)23-9-15(18)21/h1-4,6-7H,5,8-9H2,(H2,18,21)(H,19,22). The summed E-state index contributed by atoms with van der Waals surface area (Å²) in [5.41, 5.74) is 5.55. The third-order valence-electron chi connectivity index (χ3n) is 2.95. The summed E-state index contributed by atoms with van der Waals surface area (Å²) >= 11 is 6.98. The van der Waals surface area contributed by atoms with Gasteiger partial charge in [0.1, 0.15) is 5.75 Å². The maximum Gasteiger partial charge on any atom is 0.255 e. The van der Waals surface area contributed by atoms with Gasteiger partial charge in [-0.2, -0.15) is 0 Å². The molecule has 24 heavy (non-hydrogen) atoms. The zero-order valence-corrected chi connectivity index (χ0v) is 14.2. The molecule has 0 fully saturated rings. The number of ketones is 1. The fraction of sp³-hybridized carbons (Fsp3) is 0.188. The van der Waals surface area contributed by atoms with E-state index in [1.807, 2.05) is 0 Å². The molecule has 2 amide bonds. The fourth-order valence-electron chi connectivity index (χ4n) is 1.83. The Kier molecular flexibility index (Phi) is 6.34. The second kappa shape index (κ2) is 8.47. The van der Waals surface area contributed by atoms with Gasteiger partial charge in [-0.1, -0.05) is 11.6 Å². The Morgan fingerprint density at radius 1 is 1.08 bits per heavy atom. The lowest BCUT2D eigenvalue weighted by molar-refractivity contribution is -0.120. The van der Waals surface area contributed by atoms with E-state index in [1.54, 1.807) is 36.4 Å². The molecule has 0 unspecified atom stereocenters. The number of nitrogens with one attached hydrogen (secondary N) is 1. The van der Waals surface area contributed by atoms with Crippen LogP contribution in [0.2, 0.25) is 4.34 Å². The van der Waals surface area contributed by atoms with E-state index >= 15 is 0 Å². The van der Waals surface area contributed by atoms with Gasteiger partial charge in [-0.3, -0.25) is 14.4 Å². The summed E-state index contributed by atoms with van der Waals surface area (Å²) < 4.78 is 5.66. The number of primary amides is 1. The summed E-state index contributed by atoms with van der Waals surface area (Å²) in [6.07, 6.45) is 0.191. The third-order valence-corrected chi connectivity index (χ3v) is 4.22. The highest BCUT2D eigenvalue weighted by atomic mass is 35.5. The van der Waals surface area contributed by atoms with E-state index in [9.17, 15) is 14.4 Å². The van der Waals surface area contributed by atoms with Crippen LogP contribution in [-0.2, 0) is 9.59 Å². The summed E-state index contributed by atoms with van der Waals surface area (Å²) in [5, 5.41) is 2.69. The molecular formula is C16H15ClN2O4S. The van der Waals surface area contributed by atoms with Crippen LogP contribution in [0.4, 0.5) is 5.69 Å². The van der Waals surface area contributed by atoms with Gasteiger partial charge in [0, 0.05) is 18.5 Å². The van der Waals surface area contributed by atoms with Crippen LogP contribution in [0.1, 0.15) is 22.5 Å². The van der Waals surface area contributed by atoms with Crippen molar-refractivity contribution in [3.63, 3.8) is 0 Å². The molecule has 0 aliphatic rings. The summed E-state index contributed by atoms with van der Waals surface area (Å²) in [6.45, 7) is -0.208. The minimum Gasteiger partial charge on any atom is -0.484 e. The van der Waals surface area contributed by atoms with Crippen molar-refractivity contribution in [3.05, 3.63) is 45.6 Å². The summed E-state index contributed by atoms with van der Waals surface area (Å²) in [6, 6.07) is 9.79. The lowest BCUT2D eigenvalue weighted by atomic mass is 10.2. The Morgan fingerprint density at radius 2 is 1.79 bits per heavy atom. The van der Waals surface area contributed by atoms with Crippen molar-refractivity contribution in [3.8, 4) is 5.75 Å². The Hall–Kier alpha value is -2.38. The second-order valence-corrected chi connectivity index (χ2v) is 6.57. The fourth-order valence-corrected chi connectivity index (χ4v) is 2.84. The first-order valence-corrected chi connectivity index (χ1v) is 8.23. The maximum atomic E-state index is 11.9. The molecule has 126 valence electrons. The number of rotatable bonds is 8. The average Bonchev–Trinajstić information content (AvgIpc) is 2.98. The number of hydrogen-bond donors (Lipinski definition) is 2. The molecule has 0 saturated carbocycles. The molecule has 2 aromatic rings. The van der Waals surface area contributed by atoms with Crippen LogP contribution >= 0.6 is 22.9 Å². The minimum absolute atomic E-state index is 0.0777. The summed E-state index contributed by atoms with van der Waals surface area (Å²) in [4.78, 5) is 34.9. The molecule has 2 rings (SSSR count). The van der Waals surface area contributed by atoms with Gasteiger partial charge in [0.15, 0.2) is 12.4 Å². The number of anilines is 1. The first-order valence-electron chi connectivity index (χ1n) is 7.03. The molecule has 1 aromatic heterocycles. The zero-order chi connectivity index (χ0) is 17.5. The van der Waals surface area contributed by atoms with Gasteiger partial charge in [0.25, 0.3) is 5.91 Å². The molecule has 1 aromatic carbocycles. The predicted octanol–water partition coefficient (Wildman–Crippen LogP) is 2.87. The monoisotopic (exact) mass is 366 g/mol. The molecule has 0 saturated heterocycles. The van der Waals surface area contributed by atoms with E-state index in [0.29, 0.717) is 20.7 Å². The Balaban J connectivity index is 1.79. The molecule has 0 aliphatic carbocycles. The number of amides is 2. The van der Waals surface area contributed by atoms with Crippen LogP contribution in [0.5, 0.6) is 5.75 Å². The van der Waals surface area contributed by atoms with Gasteiger partial charge in [-0.25, -0.2) is 0 Å². The van der Waals surface area contributed by atoms with Crippen molar-refractivity contribution >= 4 is 46.2 Å². The van der Waals surface area contributed by atoms with Gasteiger partial charge in [0.2, 0.25) is 5.91 Å². The first-order chi connectivity index (χ1) is 11.4. The number of thiophene rings is 1. The quantitative estimate of drug-likeness (QED) is 0.702. The number of Topliss-reactive ketones (excluding diaryl/α,β-unsaturated/α-hetero) is 1. The van der Waals surface area contributed by atoms with Crippen molar-refractivity contribution in [1.82, 2.24) is 0 Å². The highest BCUT2D eigenvalue weighted by Gasteiger charge is 2.11. The number of carbonyl (C=O) groups excluding carboxylic acids is 3. The Bertz CT molecular complexity index is 743. The van der Waals surface area contributed by atoms with Crippen LogP contribution in [0.3, 0.4) is 0 Å². The normalized spacial score (nSPS) is 10.2. The molecule has 0 atom stereocenters. The average molecular weight is 367 g/mol. The van der Waals surface area contributed by atoms with Gasteiger partial charge < -0.3 is 15.8 Å². The lowest BCUT2D eigenvalue weighted by Gasteiger charge is -2.07. The van der Waals surface area contributed by atoms with Gasteiger partial charge in [0.05, 0.1) is 9.21 Å². The van der Waals surface area contributed by atoms with Crippen molar-refractivity contribution in [2.24, 2.45) is 5.73 Å². The first kappa shape index (κ1) is 18.0. The van der Waals surface area contributed by atoms with E-state index in [-0.39, 0.29) is 31.1 Å². The van der Waals surface area contributed by atoms with E-state index < -0.39 is 5.91 Å². The SMILES string of the molecule is NC(=O)COc1ccc(NC(=O)CCC(=O)c2ccc(Cl)s2)cc1. The van der Waals surface area contributed by atoms with Crippen LogP contribution in [0.15, 0.2) is 36.4 Å². The molecule has 0 aliphatic heterocycles. The van der Waals surface area contributed by atoms with Crippen molar-refractivity contribution in [1.29, 1.82) is 0 Å². The Labute approximate surface area is 147 Å². The van der Waals surface area contributed by atoms with Crippen LogP contribution in [0.25, 0.3) is 0 Å². The minimum atomic E-state index is -0.566. The number of ether oxygens (including phenoxy) is 1. The molecule has 8 heteroatoms. The molecule has 0 bridgehead atoms. The zero-order valence-electron chi connectivity index (χ0n) is 12.6.